The van der Waals surface area contributed by atoms with Crippen molar-refractivity contribution in [2.24, 2.45) is 5.11 Å². The molecule has 1 unspecified atom stereocenters. The van der Waals surface area contributed by atoms with Crippen LogP contribution in [0.15, 0.2) is 35.4 Å². The SMILES string of the molecule is [N-]=[N+]=N[C@@H]1[C@@H](O)[C@H](C(=O)O)O[C@@H]2COC(c3ccccc3)O[C@H]12. The van der Waals surface area contributed by atoms with E-state index in [0.717, 1.165) is 5.56 Å². The average molecular weight is 321 g/mol. The van der Waals surface area contributed by atoms with Gasteiger partial charge in [0.1, 0.15) is 18.3 Å². The molecule has 0 spiro atoms. The summed E-state index contributed by atoms with van der Waals surface area (Å²) >= 11 is 0. The molecule has 2 aliphatic heterocycles. The van der Waals surface area contributed by atoms with Crippen molar-refractivity contribution in [1.82, 2.24) is 0 Å². The van der Waals surface area contributed by atoms with Crippen LogP contribution in [-0.2, 0) is 19.0 Å². The van der Waals surface area contributed by atoms with E-state index in [1.54, 1.807) is 0 Å². The highest BCUT2D eigenvalue weighted by molar-refractivity contribution is 5.73. The van der Waals surface area contributed by atoms with Crippen LogP contribution in [0.2, 0.25) is 0 Å². The zero-order chi connectivity index (χ0) is 16.4. The number of azide groups is 1. The van der Waals surface area contributed by atoms with Crippen molar-refractivity contribution in [2.45, 2.75) is 36.7 Å². The summed E-state index contributed by atoms with van der Waals surface area (Å²) in [6.45, 7) is 0.0676. The molecule has 0 aromatic heterocycles. The lowest BCUT2D eigenvalue weighted by atomic mass is 9.92. The second-order valence-corrected chi connectivity index (χ2v) is 5.30. The number of hydrogen-bond donors (Lipinski definition) is 2. The van der Waals surface area contributed by atoms with Crippen LogP contribution in [0.25, 0.3) is 10.4 Å². The third-order valence-corrected chi connectivity index (χ3v) is 3.88. The van der Waals surface area contributed by atoms with E-state index in [1.165, 1.54) is 0 Å². The molecule has 0 saturated carbocycles. The van der Waals surface area contributed by atoms with Gasteiger partial charge in [0, 0.05) is 10.5 Å². The molecule has 2 N–H and O–H groups in total. The van der Waals surface area contributed by atoms with Crippen molar-refractivity contribution in [2.75, 3.05) is 6.61 Å². The summed E-state index contributed by atoms with van der Waals surface area (Å²) in [5, 5.41) is 22.8. The van der Waals surface area contributed by atoms with Gasteiger partial charge in [0.25, 0.3) is 0 Å². The number of benzene rings is 1. The predicted molar refractivity (Wildman–Crippen MR) is 75.2 cm³/mol. The highest BCUT2D eigenvalue weighted by atomic mass is 16.7. The molecule has 1 aromatic rings. The van der Waals surface area contributed by atoms with E-state index < -0.39 is 42.7 Å². The number of rotatable bonds is 3. The molecule has 0 aliphatic carbocycles. The van der Waals surface area contributed by atoms with Gasteiger partial charge in [-0.1, -0.05) is 35.4 Å². The summed E-state index contributed by atoms with van der Waals surface area (Å²) in [4.78, 5) is 13.9. The van der Waals surface area contributed by atoms with Gasteiger partial charge in [-0.2, -0.15) is 0 Å². The van der Waals surface area contributed by atoms with E-state index in [2.05, 4.69) is 10.0 Å². The van der Waals surface area contributed by atoms with Gasteiger partial charge in [0.2, 0.25) is 0 Å². The van der Waals surface area contributed by atoms with Gasteiger partial charge in [-0.05, 0) is 5.53 Å². The van der Waals surface area contributed by atoms with Crippen LogP contribution in [0.3, 0.4) is 0 Å². The number of carboxylic acids is 1. The van der Waals surface area contributed by atoms with Crippen molar-refractivity contribution in [1.29, 1.82) is 0 Å². The first kappa shape index (κ1) is 15.7. The molecule has 9 heteroatoms. The third kappa shape index (κ3) is 3.00. The smallest absolute Gasteiger partial charge is 0.335 e. The zero-order valence-electron chi connectivity index (χ0n) is 11.9. The van der Waals surface area contributed by atoms with Crippen LogP contribution in [0, 0.1) is 0 Å². The fourth-order valence-electron chi connectivity index (χ4n) is 2.79. The van der Waals surface area contributed by atoms with Gasteiger partial charge in [-0.15, -0.1) is 0 Å². The fourth-order valence-corrected chi connectivity index (χ4v) is 2.79. The summed E-state index contributed by atoms with van der Waals surface area (Å²) in [6, 6.07) is 8.05. The Morgan fingerprint density at radius 3 is 2.70 bits per heavy atom. The fraction of sp³-hybridized carbons (Fsp3) is 0.500. The Balaban J connectivity index is 1.84. The minimum absolute atomic E-state index is 0.0676. The van der Waals surface area contributed by atoms with Crippen molar-refractivity contribution in [3.05, 3.63) is 46.3 Å². The Labute approximate surface area is 131 Å². The molecular weight excluding hydrogens is 306 g/mol. The summed E-state index contributed by atoms with van der Waals surface area (Å²) < 4.78 is 16.7. The van der Waals surface area contributed by atoms with Crippen molar-refractivity contribution < 1.29 is 29.2 Å². The van der Waals surface area contributed by atoms with Crippen molar-refractivity contribution >= 4 is 5.97 Å². The molecular formula is C14H15N3O6. The lowest BCUT2D eigenvalue weighted by molar-refractivity contribution is -0.304. The molecule has 23 heavy (non-hydrogen) atoms. The van der Waals surface area contributed by atoms with E-state index in [9.17, 15) is 9.90 Å². The Morgan fingerprint density at radius 1 is 1.30 bits per heavy atom. The van der Waals surface area contributed by atoms with Gasteiger partial charge >= 0.3 is 5.97 Å². The van der Waals surface area contributed by atoms with Crippen molar-refractivity contribution in [3.63, 3.8) is 0 Å². The first-order valence-corrected chi connectivity index (χ1v) is 7.04. The van der Waals surface area contributed by atoms with Crippen molar-refractivity contribution in [3.8, 4) is 0 Å². The second-order valence-electron chi connectivity index (χ2n) is 5.30. The lowest BCUT2D eigenvalue weighted by Crippen LogP contribution is -2.62. The van der Waals surface area contributed by atoms with Gasteiger partial charge in [0.05, 0.1) is 12.6 Å². The molecule has 2 heterocycles. The van der Waals surface area contributed by atoms with E-state index in [1.807, 2.05) is 30.3 Å². The number of aliphatic hydroxyl groups is 1. The standard InChI is InChI=1S/C14H15N3O6/c15-17-16-9-10(18)12(13(19)20)22-8-6-21-14(23-11(8)9)7-4-2-1-3-5-7/h1-5,8-12,14,18H,6H2,(H,19,20)/t8-,9-,10-,11+,12-,14?/m1/s1. The third-order valence-electron chi connectivity index (χ3n) is 3.88. The molecule has 9 nitrogen and oxygen atoms in total. The van der Waals surface area contributed by atoms with Crippen LogP contribution < -0.4 is 0 Å². The van der Waals surface area contributed by atoms with E-state index in [0.29, 0.717) is 0 Å². The Morgan fingerprint density at radius 2 is 2.04 bits per heavy atom. The summed E-state index contributed by atoms with van der Waals surface area (Å²) in [5.41, 5.74) is 9.47. The quantitative estimate of drug-likeness (QED) is 0.484. The highest BCUT2D eigenvalue weighted by Gasteiger charge is 2.51. The molecule has 122 valence electrons. The van der Waals surface area contributed by atoms with E-state index in [4.69, 9.17) is 24.8 Å². The normalized spacial score (nSPS) is 36.6. The number of aliphatic carboxylic acids is 1. The lowest BCUT2D eigenvalue weighted by Gasteiger charge is -2.45. The molecule has 3 rings (SSSR count). The number of ether oxygens (including phenoxy) is 3. The number of carbonyl (C=O) groups is 1. The number of nitrogens with zero attached hydrogens (tertiary/aromatic N) is 3. The van der Waals surface area contributed by atoms with Gasteiger partial charge < -0.3 is 24.4 Å². The Hall–Kier alpha value is -2.16. The van der Waals surface area contributed by atoms with Crippen LogP contribution in [0.1, 0.15) is 11.9 Å². The van der Waals surface area contributed by atoms with Crippen LogP contribution in [0.4, 0.5) is 0 Å². The minimum atomic E-state index is -1.50. The van der Waals surface area contributed by atoms with Gasteiger partial charge in [-0.3, -0.25) is 0 Å². The van der Waals surface area contributed by atoms with Crippen LogP contribution >= 0.6 is 0 Å². The number of hydrogen-bond acceptors (Lipinski definition) is 6. The second kappa shape index (κ2) is 6.53. The monoisotopic (exact) mass is 321 g/mol. The summed E-state index contributed by atoms with van der Waals surface area (Å²) in [5.74, 6) is -1.33. The molecule has 0 radical (unpaired) electrons. The molecule has 6 atom stereocenters. The molecule has 2 fully saturated rings. The maximum atomic E-state index is 11.2. The molecule has 0 amide bonds. The summed E-state index contributed by atoms with van der Waals surface area (Å²) in [6.07, 6.45) is -5.23. The Kier molecular flexibility index (Phi) is 4.46. The summed E-state index contributed by atoms with van der Waals surface area (Å²) in [7, 11) is 0. The number of carboxylic acid groups (broad SMARTS) is 1. The van der Waals surface area contributed by atoms with Gasteiger partial charge in [-0.25, -0.2) is 4.79 Å². The molecule has 1 aromatic carbocycles. The van der Waals surface area contributed by atoms with Crippen LogP contribution in [0.5, 0.6) is 0 Å². The highest BCUT2D eigenvalue weighted by Crippen LogP contribution is 2.35. The Bertz CT molecular complexity index is 620. The minimum Gasteiger partial charge on any atom is -0.479 e. The molecule has 0 bridgehead atoms. The first-order valence-electron chi connectivity index (χ1n) is 7.04. The number of fused-ring (bicyclic) bond motifs is 1. The number of aliphatic hydroxyl groups excluding tert-OH is 1. The van der Waals surface area contributed by atoms with E-state index >= 15 is 0 Å². The van der Waals surface area contributed by atoms with Gasteiger partial charge in [0.15, 0.2) is 12.4 Å². The molecule has 2 aliphatic rings. The molecule has 2 saturated heterocycles. The average Bonchev–Trinajstić information content (AvgIpc) is 2.57. The maximum absolute atomic E-state index is 11.2. The largest absolute Gasteiger partial charge is 0.479 e. The maximum Gasteiger partial charge on any atom is 0.335 e. The predicted octanol–water partition coefficient (Wildman–Crippen LogP) is 0.992. The zero-order valence-corrected chi connectivity index (χ0v) is 11.9. The van der Waals surface area contributed by atoms with Crippen LogP contribution in [-0.4, -0.2) is 53.2 Å². The van der Waals surface area contributed by atoms with E-state index in [-0.39, 0.29) is 6.61 Å². The first-order chi connectivity index (χ1) is 11.1. The topological polar surface area (TPSA) is 134 Å².